The maximum atomic E-state index is 11.8. The van der Waals surface area contributed by atoms with E-state index >= 15 is 0 Å². The molecule has 1 heterocycles. The predicted octanol–water partition coefficient (Wildman–Crippen LogP) is -0.798. The molecule has 1 aromatic rings. The zero-order valence-corrected chi connectivity index (χ0v) is 8.88. The van der Waals surface area contributed by atoms with Gasteiger partial charge in [0.05, 0.1) is 19.1 Å². The molecule has 1 N–H and O–H groups in total. The lowest BCUT2D eigenvalue weighted by Crippen LogP contribution is -2.35. The maximum Gasteiger partial charge on any atom is 0.295 e. The first-order chi connectivity index (χ1) is 7.79. The van der Waals surface area contributed by atoms with Crippen LogP contribution < -0.4 is 0 Å². The normalized spacial score (nSPS) is 9.75. The fourth-order valence-corrected chi connectivity index (χ4v) is 1.10. The highest BCUT2D eigenvalue weighted by Gasteiger charge is 2.18. The largest absolute Gasteiger partial charge is 0.383 e. The van der Waals surface area contributed by atoms with Gasteiger partial charge in [-0.3, -0.25) is 4.79 Å². The van der Waals surface area contributed by atoms with Crippen LogP contribution in [0.15, 0.2) is 0 Å². The number of nitrogens with one attached hydrogen (secondary N) is 1. The van der Waals surface area contributed by atoms with Crippen molar-refractivity contribution in [2.24, 2.45) is 0 Å². The SMILES string of the molecule is COCCN(CCC#N)C(=O)c1nn[nH]n1. The van der Waals surface area contributed by atoms with Gasteiger partial charge in [-0.25, -0.2) is 0 Å². The second kappa shape index (κ2) is 6.47. The Morgan fingerprint density at radius 3 is 3.00 bits per heavy atom. The predicted molar refractivity (Wildman–Crippen MR) is 52.2 cm³/mol. The van der Waals surface area contributed by atoms with E-state index < -0.39 is 0 Å². The summed E-state index contributed by atoms with van der Waals surface area (Å²) in [6.07, 6.45) is 0.257. The molecule has 1 amide bonds. The molecule has 0 aliphatic heterocycles. The number of H-pyrrole nitrogens is 1. The van der Waals surface area contributed by atoms with Crippen LogP contribution in [0.3, 0.4) is 0 Å². The van der Waals surface area contributed by atoms with E-state index in [-0.39, 0.29) is 18.2 Å². The molecule has 16 heavy (non-hydrogen) atoms. The number of nitrogens with zero attached hydrogens (tertiary/aromatic N) is 5. The third kappa shape index (κ3) is 3.29. The van der Waals surface area contributed by atoms with E-state index in [4.69, 9.17) is 10.00 Å². The lowest BCUT2D eigenvalue weighted by molar-refractivity contribution is 0.0688. The number of amides is 1. The molecule has 0 aliphatic rings. The van der Waals surface area contributed by atoms with Crippen molar-refractivity contribution in [3.63, 3.8) is 0 Å². The molecule has 0 bridgehead atoms. The molecular weight excluding hydrogens is 212 g/mol. The van der Waals surface area contributed by atoms with Crippen molar-refractivity contribution in [2.45, 2.75) is 6.42 Å². The summed E-state index contributed by atoms with van der Waals surface area (Å²) < 4.78 is 4.88. The number of hydrogen-bond acceptors (Lipinski definition) is 6. The molecular formula is C8H12N6O2. The van der Waals surface area contributed by atoms with Crippen molar-refractivity contribution in [3.05, 3.63) is 5.82 Å². The lowest BCUT2D eigenvalue weighted by Gasteiger charge is -2.18. The van der Waals surface area contributed by atoms with E-state index in [2.05, 4.69) is 20.6 Å². The van der Waals surface area contributed by atoms with Crippen LogP contribution in [-0.4, -0.2) is 58.2 Å². The standard InChI is InChI=1S/C8H12N6O2/c1-16-6-5-14(4-2-3-9)8(15)7-10-12-13-11-7/h2,4-6H2,1H3,(H,10,11,12,13). The zero-order chi connectivity index (χ0) is 11.8. The zero-order valence-electron chi connectivity index (χ0n) is 8.88. The van der Waals surface area contributed by atoms with Crippen molar-refractivity contribution in [2.75, 3.05) is 26.8 Å². The molecule has 0 aromatic carbocycles. The third-order valence-electron chi connectivity index (χ3n) is 1.88. The molecule has 0 radical (unpaired) electrons. The highest BCUT2D eigenvalue weighted by molar-refractivity contribution is 5.90. The third-order valence-corrected chi connectivity index (χ3v) is 1.88. The first-order valence-electron chi connectivity index (χ1n) is 4.68. The van der Waals surface area contributed by atoms with Crippen LogP contribution in [0.1, 0.15) is 17.0 Å². The Morgan fingerprint density at radius 2 is 2.44 bits per heavy atom. The minimum absolute atomic E-state index is 0.00552. The van der Waals surface area contributed by atoms with Crippen molar-refractivity contribution in [1.82, 2.24) is 25.5 Å². The number of methoxy groups -OCH3 is 1. The van der Waals surface area contributed by atoms with Crippen LogP contribution in [0, 0.1) is 11.3 Å². The Hall–Kier alpha value is -2.01. The highest BCUT2D eigenvalue weighted by Crippen LogP contribution is 1.98. The van der Waals surface area contributed by atoms with Gasteiger partial charge in [0.2, 0.25) is 0 Å². The minimum Gasteiger partial charge on any atom is -0.383 e. The van der Waals surface area contributed by atoms with E-state index in [0.29, 0.717) is 19.7 Å². The molecule has 1 aromatic heterocycles. The summed E-state index contributed by atoms with van der Waals surface area (Å²) in [4.78, 5) is 13.2. The Kier molecular flexibility index (Phi) is 4.88. The van der Waals surface area contributed by atoms with Crippen LogP contribution in [0.2, 0.25) is 0 Å². The molecule has 0 atom stereocenters. The van der Waals surface area contributed by atoms with E-state index in [1.165, 1.54) is 4.90 Å². The Labute approximate surface area is 92.2 Å². The molecule has 0 aliphatic carbocycles. The van der Waals surface area contributed by atoms with Crippen LogP contribution in [0.5, 0.6) is 0 Å². The second-order valence-corrected chi connectivity index (χ2v) is 2.93. The van der Waals surface area contributed by atoms with Gasteiger partial charge in [-0.1, -0.05) is 0 Å². The first kappa shape index (κ1) is 12.1. The molecule has 0 fully saturated rings. The van der Waals surface area contributed by atoms with Gasteiger partial charge in [-0.2, -0.15) is 10.5 Å². The number of carbonyl (C=O) groups is 1. The molecule has 0 saturated carbocycles. The topological polar surface area (TPSA) is 108 Å². The maximum absolute atomic E-state index is 11.8. The number of carbonyl (C=O) groups excluding carboxylic acids is 1. The summed E-state index contributed by atoms with van der Waals surface area (Å²) in [7, 11) is 1.54. The smallest absolute Gasteiger partial charge is 0.295 e. The molecule has 8 nitrogen and oxygen atoms in total. The van der Waals surface area contributed by atoms with Gasteiger partial charge < -0.3 is 9.64 Å². The summed E-state index contributed by atoms with van der Waals surface area (Å²) in [6.45, 7) is 1.12. The first-order valence-corrected chi connectivity index (χ1v) is 4.68. The molecule has 0 spiro atoms. The summed E-state index contributed by atoms with van der Waals surface area (Å²) in [6, 6.07) is 1.98. The summed E-state index contributed by atoms with van der Waals surface area (Å²) in [5.74, 6) is -0.366. The number of ether oxygens (including phenoxy) is 1. The van der Waals surface area contributed by atoms with Gasteiger partial charge in [0.25, 0.3) is 11.7 Å². The monoisotopic (exact) mass is 224 g/mol. The second-order valence-electron chi connectivity index (χ2n) is 2.93. The number of hydrogen-bond donors (Lipinski definition) is 1. The quantitative estimate of drug-likeness (QED) is 0.677. The average molecular weight is 224 g/mol. The van der Waals surface area contributed by atoms with Gasteiger partial charge >= 0.3 is 0 Å². The number of aromatic nitrogens is 4. The van der Waals surface area contributed by atoms with Crippen LogP contribution >= 0.6 is 0 Å². The summed E-state index contributed by atoms with van der Waals surface area (Å²) >= 11 is 0. The number of tetrazole rings is 1. The van der Waals surface area contributed by atoms with E-state index in [1.807, 2.05) is 6.07 Å². The average Bonchev–Trinajstić information content (AvgIpc) is 2.82. The number of nitriles is 1. The van der Waals surface area contributed by atoms with Gasteiger partial charge in [0, 0.05) is 20.2 Å². The van der Waals surface area contributed by atoms with Crippen LogP contribution in [-0.2, 0) is 4.74 Å². The van der Waals surface area contributed by atoms with E-state index in [9.17, 15) is 4.79 Å². The van der Waals surface area contributed by atoms with Crippen molar-refractivity contribution in [3.8, 4) is 6.07 Å². The molecule has 0 unspecified atom stereocenters. The van der Waals surface area contributed by atoms with Gasteiger partial charge in [-0.15, -0.1) is 10.2 Å². The van der Waals surface area contributed by atoms with E-state index in [0.717, 1.165) is 0 Å². The Bertz CT molecular complexity index is 357. The highest BCUT2D eigenvalue weighted by atomic mass is 16.5. The number of rotatable bonds is 6. The van der Waals surface area contributed by atoms with E-state index in [1.54, 1.807) is 7.11 Å². The fourth-order valence-electron chi connectivity index (χ4n) is 1.10. The van der Waals surface area contributed by atoms with Crippen molar-refractivity contribution >= 4 is 5.91 Å². The summed E-state index contributed by atoms with van der Waals surface area (Å²) in [5.41, 5.74) is 0. The van der Waals surface area contributed by atoms with Crippen LogP contribution in [0.25, 0.3) is 0 Å². The molecule has 1 rings (SSSR count). The van der Waals surface area contributed by atoms with Gasteiger partial charge in [0.15, 0.2) is 0 Å². The number of aromatic amines is 1. The lowest BCUT2D eigenvalue weighted by atomic mass is 10.3. The Morgan fingerprint density at radius 1 is 1.62 bits per heavy atom. The van der Waals surface area contributed by atoms with Crippen molar-refractivity contribution in [1.29, 1.82) is 5.26 Å². The summed E-state index contributed by atoms with van der Waals surface area (Å²) in [5, 5.41) is 21.2. The van der Waals surface area contributed by atoms with Gasteiger partial charge in [-0.05, 0) is 5.21 Å². The molecule has 86 valence electrons. The molecule has 0 saturated heterocycles. The van der Waals surface area contributed by atoms with Gasteiger partial charge in [0.1, 0.15) is 0 Å². The van der Waals surface area contributed by atoms with Crippen molar-refractivity contribution < 1.29 is 9.53 Å². The van der Waals surface area contributed by atoms with Crippen LogP contribution in [0.4, 0.5) is 0 Å². The minimum atomic E-state index is -0.360. The fraction of sp³-hybridized carbons (Fsp3) is 0.625. The Balaban J connectivity index is 2.60. The molecule has 8 heteroatoms.